The normalized spacial score (nSPS) is 14.9. The van der Waals surface area contributed by atoms with Crippen LogP contribution in [0.1, 0.15) is 21.5 Å². The van der Waals surface area contributed by atoms with E-state index in [4.69, 9.17) is 0 Å². The summed E-state index contributed by atoms with van der Waals surface area (Å²) in [5, 5.41) is 5.22. The Balaban J connectivity index is 1.51. The summed E-state index contributed by atoms with van der Waals surface area (Å²) < 4.78 is 1.75. The number of hydrogen-bond donors (Lipinski definition) is 0. The predicted octanol–water partition coefficient (Wildman–Crippen LogP) is 1.94. The minimum Gasteiger partial charge on any atom is -0.352 e. The van der Waals surface area contributed by atoms with Crippen LogP contribution < -0.4 is 4.90 Å². The fourth-order valence-corrected chi connectivity index (χ4v) is 3.55. The maximum Gasteiger partial charge on any atom is 0.254 e. The van der Waals surface area contributed by atoms with Crippen molar-refractivity contribution in [1.82, 2.24) is 24.6 Å². The molecule has 0 spiro atoms. The molecule has 7 nitrogen and oxygen atoms in total. The lowest BCUT2D eigenvalue weighted by molar-refractivity contribution is 0.0746. The van der Waals surface area contributed by atoms with E-state index >= 15 is 0 Å². The van der Waals surface area contributed by atoms with Gasteiger partial charge in [-0.1, -0.05) is 17.7 Å². The molecule has 0 bridgehead atoms. The Hall–Kier alpha value is -2.96. The van der Waals surface area contributed by atoms with E-state index in [2.05, 4.69) is 26.0 Å². The molecular weight excluding hydrogens is 328 g/mol. The van der Waals surface area contributed by atoms with Crippen LogP contribution in [-0.4, -0.2) is 56.7 Å². The van der Waals surface area contributed by atoms with Crippen LogP contribution in [-0.2, 0) is 7.05 Å². The second kappa shape index (κ2) is 6.40. The van der Waals surface area contributed by atoms with Crippen LogP contribution in [0, 0.1) is 13.8 Å². The van der Waals surface area contributed by atoms with Crippen LogP contribution in [0.4, 0.5) is 5.82 Å². The summed E-state index contributed by atoms with van der Waals surface area (Å²) >= 11 is 0. The van der Waals surface area contributed by atoms with Gasteiger partial charge in [0.05, 0.1) is 11.6 Å². The highest BCUT2D eigenvalue weighted by molar-refractivity contribution is 5.96. The lowest BCUT2D eigenvalue weighted by Crippen LogP contribution is -2.49. The number of nitrogens with zero attached hydrogens (tertiary/aromatic N) is 6. The van der Waals surface area contributed by atoms with Crippen LogP contribution in [0.25, 0.3) is 11.0 Å². The van der Waals surface area contributed by atoms with Crippen molar-refractivity contribution in [1.29, 1.82) is 0 Å². The van der Waals surface area contributed by atoms with Gasteiger partial charge in [0.25, 0.3) is 5.91 Å². The first kappa shape index (κ1) is 16.5. The molecule has 0 unspecified atom stereocenters. The fraction of sp³-hybridized carbons (Fsp3) is 0.368. The lowest BCUT2D eigenvalue weighted by atomic mass is 10.0. The lowest BCUT2D eigenvalue weighted by Gasteiger charge is -2.35. The van der Waals surface area contributed by atoms with E-state index in [1.54, 1.807) is 17.2 Å². The number of fused-ring (bicyclic) bond motifs is 1. The molecule has 26 heavy (non-hydrogen) atoms. The molecule has 0 aliphatic carbocycles. The molecule has 1 aromatic carbocycles. The summed E-state index contributed by atoms with van der Waals surface area (Å²) in [7, 11) is 1.87. The van der Waals surface area contributed by atoms with E-state index in [0.29, 0.717) is 13.1 Å². The minimum atomic E-state index is 0.108. The Kier molecular flexibility index (Phi) is 4.06. The first-order chi connectivity index (χ1) is 12.5. The van der Waals surface area contributed by atoms with Gasteiger partial charge in [-0.3, -0.25) is 9.48 Å². The monoisotopic (exact) mass is 350 g/mol. The van der Waals surface area contributed by atoms with Crippen molar-refractivity contribution in [3.63, 3.8) is 0 Å². The summed E-state index contributed by atoms with van der Waals surface area (Å²) in [5.74, 6) is 0.998. The third-order valence-electron chi connectivity index (χ3n) is 4.99. The molecule has 7 heteroatoms. The average molecular weight is 350 g/mol. The molecule has 4 rings (SSSR count). The van der Waals surface area contributed by atoms with E-state index in [1.165, 1.54) is 5.56 Å². The Bertz CT molecular complexity index is 971. The highest BCUT2D eigenvalue weighted by Crippen LogP contribution is 2.24. The maximum absolute atomic E-state index is 12.9. The third-order valence-corrected chi connectivity index (χ3v) is 4.99. The minimum absolute atomic E-state index is 0.108. The highest BCUT2D eigenvalue weighted by Gasteiger charge is 2.25. The molecule has 0 radical (unpaired) electrons. The standard InChI is InChI=1S/C19H22N6O/c1-13-4-5-15(14(2)10-13)19(26)25-8-6-24(7-9-25)18-16-11-22-23(3)17(16)20-12-21-18/h4-5,10-12H,6-9H2,1-3H3. The largest absolute Gasteiger partial charge is 0.352 e. The molecule has 2 aromatic heterocycles. The number of aromatic nitrogens is 4. The van der Waals surface area contributed by atoms with Crippen molar-refractivity contribution in [2.45, 2.75) is 13.8 Å². The van der Waals surface area contributed by atoms with Crippen molar-refractivity contribution in [2.24, 2.45) is 7.05 Å². The third kappa shape index (κ3) is 2.79. The van der Waals surface area contributed by atoms with Gasteiger partial charge < -0.3 is 9.80 Å². The zero-order chi connectivity index (χ0) is 18.3. The molecule has 0 saturated carbocycles. The number of rotatable bonds is 2. The molecule has 1 amide bonds. The first-order valence-corrected chi connectivity index (χ1v) is 8.79. The predicted molar refractivity (Wildman–Crippen MR) is 100 cm³/mol. The van der Waals surface area contributed by atoms with Crippen LogP contribution in [0.2, 0.25) is 0 Å². The number of aryl methyl sites for hydroxylation is 3. The number of amides is 1. The van der Waals surface area contributed by atoms with Gasteiger partial charge in [0.15, 0.2) is 5.65 Å². The zero-order valence-corrected chi connectivity index (χ0v) is 15.3. The molecule has 1 saturated heterocycles. The average Bonchev–Trinajstić information content (AvgIpc) is 3.03. The van der Waals surface area contributed by atoms with Gasteiger partial charge in [-0.05, 0) is 25.5 Å². The number of carbonyl (C=O) groups is 1. The fourth-order valence-electron chi connectivity index (χ4n) is 3.55. The highest BCUT2D eigenvalue weighted by atomic mass is 16.2. The molecule has 0 N–H and O–H groups in total. The second-order valence-electron chi connectivity index (χ2n) is 6.80. The topological polar surface area (TPSA) is 67.2 Å². The first-order valence-electron chi connectivity index (χ1n) is 8.79. The van der Waals surface area contributed by atoms with Crippen LogP contribution in [0.15, 0.2) is 30.7 Å². The Labute approximate surface area is 152 Å². The number of carbonyl (C=O) groups excluding carboxylic acids is 1. The van der Waals surface area contributed by atoms with E-state index in [9.17, 15) is 4.79 Å². The Morgan fingerprint density at radius 3 is 2.58 bits per heavy atom. The Morgan fingerprint density at radius 2 is 1.85 bits per heavy atom. The zero-order valence-electron chi connectivity index (χ0n) is 15.3. The van der Waals surface area contributed by atoms with Gasteiger partial charge in [0, 0.05) is 38.8 Å². The molecule has 3 heterocycles. The van der Waals surface area contributed by atoms with Gasteiger partial charge in [-0.15, -0.1) is 0 Å². The number of anilines is 1. The van der Waals surface area contributed by atoms with E-state index in [-0.39, 0.29) is 5.91 Å². The van der Waals surface area contributed by atoms with Crippen LogP contribution in [0.3, 0.4) is 0 Å². The molecule has 1 aliphatic heterocycles. The summed E-state index contributed by atoms with van der Waals surface area (Å²) in [6, 6.07) is 5.99. The van der Waals surface area contributed by atoms with Gasteiger partial charge >= 0.3 is 0 Å². The van der Waals surface area contributed by atoms with Gasteiger partial charge in [0.2, 0.25) is 0 Å². The van der Waals surface area contributed by atoms with E-state index < -0.39 is 0 Å². The van der Waals surface area contributed by atoms with Crippen molar-refractivity contribution in [3.8, 4) is 0 Å². The van der Waals surface area contributed by atoms with Gasteiger partial charge in [0.1, 0.15) is 12.1 Å². The van der Waals surface area contributed by atoms with Crippen molar-refractivity contribution >= 4 is 22.8 Å². The smallest absolute Gasteiger partial charge is 0.254 e. The number of hydrogen-bond acceptors (Lipinski definition) is 5. The summed E-state index contributed by atoms with van der Waals surface area (Å²) in [6.07, 6.45) is 3.38. The summed E-state index contributed by atoms with van der Waals surface area (Å²) in [4.78, 5) is 25.7. The summed E-state index contributed by atoms with van der Waals surface area (Å²) in [6.45, 7) is 6.89. The quantitative estimate of drug-likeness (QED) is 0.707. The van der Waals surface area contributed by atoms with Crippen molar-refractivity contribution < 1.29 is 4.79 Å². The molecule has 134 valence electrons. The number of benzene rings is 1. The van der Waals surface area contributed by atoms with Crippen LogP contribution >= 0.6 is 0 Å². The summed E-state index contributed by atoms with van der Waals surface area (Å²) in [5.41, 5.74) is 3.82. The van der Waals surface area contributed by atoms with Crippen molar-refractivity contribution in [3.05, 3.63) is 47.4 Å². The van der Waals surface area contributed by atoms with E-state index in [0.717, 1.165) is 41.1 Å². The van der Waals surface area contributed by atoms with Gasteiger partial charge in [-0.2, -0.15) is 5.10 Å². The Morgan fingerprint density at radius 1 is 1.08 bits per heavy atom. The maximum atomic E-state index is 12.9. The second-order valence-corrected chi connectivity index (χ2v) is 6.80. The molecule has 0 atom stereocenters. The molecule has 1 fully saturated rings. The van der Waals surface area contributed by atoms with Crippen molar-refractivity contribution in [2.75, 3.05) is 31.1 Å². The number of piperazine rings is 1. The van der Waals surface area contributed by atoms with Crippen LogP contribution in [0.5, 0.6) is 0 Å². The van der Waals surface area contributed by atoms with E-state index in [1.807, 2.05) is 37.9 Å². The van der Waals surface area contributed by atoms with Gasteiger partial charge in [-0.25, -0.2) is 9.97 Å². The molecular formula is C19H22N6O. The molecule has 1 aliphatic rings. The molecule has 3 aromatic rings. The SMILES string of the molecule is Cc1ccc(C(=O)N2CCN(c3ncnc4c3cnn4C)CC2)c(C)c1.